The second-order valence-electron chi connectivity index (χ2n) is 16.2. The van der Waals surface area contributed by atoms with Crippen molar-refractivity contribution in [1.29, 1.82) is 0 Å². The van der Waals surface area contributed by atoms with Crippen LogP contribution in [0.1, 0.15) is 90.5 Å². The average Bonchev–Trinajstić information content (AvgIpc) is 3.98. The molecule has 294 valence electrons. The number of ketones is 1. The van der Waals surface area contributed by atoms with Crippen molar-refractivity contribution in [2.45, 2.75) is 121 Å². The number of aromatic hydroxyl groups is 1. The molecule has 1 aromatic carbocycles. The summed E-state index contributed by atoms with van der Waals surface area (Å²) in [6.45, 7) is 7.08. The quantitative estimate of drug-likeness (QED) is 0.323. The molecule has 2 aliphatic heterocycles. The number of allylic oxidation sites excluding steroid dienone is 2. The standard InChI is InChI=1S/C39H53N5O9S/c1-23(2)52-33-19-32(27-14-15-30(45)24(3)34(27)41-33)53-26-18-29-31(46)21-39(36(48)42-54(50,51)38(4)16-17-38)20-25(39)12-10-8-7-9-11-13-28(35(47)44(29)22-26)40-37(49)43(5)6/h10,12,14-15,19,23,25-26,28-29,45H,7-9,11,13,16-18,20-22H2,1-6H3,(H,40,49)(H,42,48)/b12-10-/t25-,26-,28+,29+,39-/m1/s1. The van der Waals surface area contributed by atoms with Crippen LogP contribution in [-0.2, 0) is 24.4 Å². The van der Waals surface area contributed by atoms with Crippen LogP contribution >= 0.6 is 0 Å². The summed E-state index contributed by atoms with van der Waals surface area (Å²) in [5, 5.41) is 13.9. The summed E-state index contributed by atoms with van der Waals surface area (Å²) in [5.41, 5.74) is -0.266. The number of hydrogen-bond acceptors (Lipinski definition) is 10. The summed E-state index contributed by atoms with van der Waals surface area (Å²) in [6.07, 6.45) is 7.42. The number of urea groups is 1. The maximum absolute atomic E-state index is 14.5. The summed E-state index contributed by atoms with van der Waals surface area (Å²) in [4.78, 5) is 63.3. The number of rotatable bonds is 8. The molecular formula is C39H53N5O9S. The van der Waals surface area contributed by atoms with Crippen LogP contribution in [0.25, 0.3) is 10.9 Å². The fraction of sp³-hybridized carbons (Fsp3) is 0.615. The molecule has 0 radical (unpaired) electrons. The molecule has 5 atom stereocenters. The normalized spacial score (nSPS) is 27.6. The molecule has 0 unspecified atom stereocenters. The lowest BCUT2D eigenvalue weighted by atomic mass is 9.91. The second-order valence-corrected chi connectivity index (χ2v) is 18.4. The number of carbonyl (C=O) groups excluding carboxylic acids is 4. The van der Waals surface area contributed by atoms with Crippen LogP contribution in [-0.4, -0.2) is 102 Å². The molecule has 54 heavy (non-hydrogen) atoms. The molecule has 3 heterocycles. The zero-order valence-corrected chi connectivity index (χ0v) is 32.8. The van der Waals surface area contributed by atoms with E-state index in [1.165, 1.54) is 9.80 Å². The number of aromatic nitrogens is 1. The Kier molecular flexibility index (Phi) is 10.9. The van der Waals surface area contributed by atoms with Crippen molar-refractivity contribution in [1.82, 2.24) is 24.8 Å². The van der Waals surface area contributed by atoms with Crippen molar-refractivity contribution in [2.24, 2.45) is 11.3 Å². The van der Waals surface area contributed by atoms with Crippen LogP contribution in [0, 0.1) is 18.3 Å². The molecule has 6 rings (SSSR count). The van der Waals surface area contributed by atoms with Gasteiger partial charge in [-0.2, -0.15) is 0 Å². The number of pyridine rings is 1. The predicted octanol–water partition coefficient (Wildman–Crippen LogP) is 4.51. The minimum absolute atomic E-state index is 0.0140. The number of phenolic OH excluding ortho intramolecular Hbond substituents is 1. The molecule has 1 saturated heterocycles. The Labute approximate surface area is 317 Å². The Hall–Kier alpha value is -4.40. The number of Topliss-reactive ketones (excluding diaryl/α,β-unsaturated/α-hetero) is 1. The molecule has 3 N–H and O–H groups in total. The van der Waals surface area contributed by atoms with E-state index in [9.17, 15) is 32.7 Å². The summed E-state index contributed by atoms with van der Waals surface area (Å²) >= 11 is 0. The highest BCUT2D eigenvalue weighted by atomic mass is 32.2. The minimum Gasteiger partial charge on any atom is -0.508 e. The van der Waals surface area contributed by atoms with Gasteiger partial charge in [0.2, 0.25) is 27.7 Å². The molecule has 2 aromatic rings. The molecular weight excluding hydrogens is 715 g/mol. The highest BCUT2D eigenvalue weighted by molar-refractivity contribution is 7.91. The second kappa shape index (κ2) is 15.0. The van der Waals surface area contributed by atoms with Gasteiger partial charge < -0.3 is 29.7 Å². The number of sulfonamides is 1. The van der Waals surface area contributed by atoms with E-state index < -0.39 is 56.2 Å². The third kappa shape index (κ3) is 8.01. The van der Waals surface area contributed by atoms with Crippen molar-refractivity contribution < 1.29 is 42.2 Å². The van der Waals surface area contributed by atoms with E-state index in [0.717, 1.165) is 19.3 Å². The number of phenols is 1. The lowest BCUT2D eigenvalue weighted by molar-refractivity contribution is -0.140. The fourth-order valence-electron chi connectivity index (χ4n) is 7.51. The highest BCUT2D eigenvalue weighted by Gasteiger charge is 2.62. The maximum Gasteiger partial charge on any atom is 0.317 e. The smallest absolute Gasteiger partial charge is 0.317 e. The van der Waals surface area contributed by atoms with E-state index >= 15 is 0 Å². The maximum atomic E-state index is 14.5. The van der Waals surface area contributed by atoms with Crippen LogP contribution in [0.3, 0.4) is 0 Å². The van der Waals surface area contributed by atoms with Crippen molar-refractivity contribution in [2.75, 3.05) is 20.6 Å². The van der Waals surface area contributed by atoms with Crippen molar-refractivity contribution in [3.8, 4) is 17.4 Å². The Bertz CT molecular complexity index is 1960. The summed E-state index contributed by atoms with van der Waals surface area (Å²) < 4.78 is 40.2. The van der Waals surface area contributed by atoms with E-state index in [0.29, 0.717) is 54.3 Å². The average molecular weight is 768 g/mol. The fourth-order valence-corrected chi connectivity index (χ4v) is 8.84. The Morgan fingerprint density at radius 2 is 1.87 bits per heavy atom. The third-order valence-corrected chi connectivity index (χ3v) is 13.5. The summed E-state index contributed by atoms with van der Waals surface area (Å²) in [5.74, 6) is -1.10. The minimum atomic E-state index is -3.96. The lowest BCUT2D eigenvalue weighted by Gasteiger charge is -2.30. The SMILES string of the molecule is Cc1c(O)ccc2c(O[C@@H]3C[C@H]4C(=O)C[C@]5(C(=O)NS(=O)(=O)C6(C)CC6)C[C@H]5/C=C\CCCCC[C@H](NC(=O)N(C)C)C(=O)N4C3)cc(OC(C)C)nc12. The van der Waals surface area contributed by atoms with Gasteiger partial charge in [-0.05, 0) is 84.3 Å². The van der Waals surface area contributed by atoms with Gasteiger partial charge in [-0.1, -0.05) is 25.0 Å². The zero-order chi connectivity index (χ0) is 39.2. The topological polar surface area (TPSA) is 185 Å². The van der Waals surface area contributed by atoms with Crippen molar-refractivity contribution in [3.05, 3.63) is 35.9 Å². The van der Waals surface area contributed by atoms with Crippen LogP contribution in [0.5, 0.6) is 17.4 Å². The third-order valence-electron chi connectivity index (χ3n) is 11.4. The largest absolute Gasteiger partial charge is 0.508 e. The van der Waals surface area contributed by atoms with Gasteiger partial charge in [0.05, 0.1) is 34.4 Å². The van der Waals surface area contributed by atoms with Gasteiger partial charge in [0.15, 0.2) is 5.78 Å². The number of fused-ring (bicyclic) bond motifs is 3. The molecule has 4 amide bonds. The number of carbonyl (C=O) groups is 4. The lowest BCUT2D eigenvalue weighted by Crippen LogP contribution is -2.54. The first kappa shape index (κ1) is 39.3. The van der Waals surface area contributed by atoms with Gasteiger partial charge in [0.25, 0.3) is 0 Å². The molecule has 0 bridgehead atoms. The van der Waals surface area contributed by atoms with Gasteiger partial charge in [0, 0.05) is 44.0 Å². The van der Waals surface area contributed by atoms with Crippen molar-refractivity contribution in [3.63, 3.8) is 0 Å². The van der Waals surface area contributed by atoms with Crippen LogP contribution in [0.2, 0.25) is 0 Å². The predicted molar refractivity (Wildman–Crippen MR) is 202 cm³/mol. The number of nitrogens with one attached hydrogen (secondary N) is 2. The van der Waals surface area contributed by atoms with E-state index in [4.69, 9.17) is 9.47 Å². The molecule has 2 aliphatic carbocycles. The number of nitrogens with zero attached hydrogens (tertiary/aromatic N) is 3. The van der Waals surface area contributed by atoms with E-state index in [1.807, 2.05) is 26.0 Å². The van der Waals surface area contributed by atoms with Gasteiger partial charge in [0.1, 0.15) is 23.6 Å². The van der Waals surface area contributed by atoms with Crippen LogP contribution in [0.15, 0.2) is 30.4 Å². The molecule has 15 heteroatoms. The van der Waals surface area contributed by atoms with Gasteiger partial charge in [-0.25, -0.2) is 18.2 Å². The molecule has 1 aromatic heterocycles. The van der Waals surface area contributed by atoms with Crippen LogP contribution < -0.4 is 19.5 Å². The number of benzene rings is 1. The van der Waals surface area contributed by atoms with Gasteiger partial charge in [-0.3, -0.25) is 19.1 Å². The van der Waals surface area contributed by atoms with Gasteiger partial charge in [-0.15, -0.1) is 0 Å². The molecule has 3 fully saturated rings. The Balaban J connectivity index is 1.35. The number of amides is 4. The van der Waals surface area contributed by atoms with Gasteiger partial charge >= 0.3 is 6.03 Å². The van der Waals surface area contributed by atoms with E-state index in [-0.39, 0.29) is 48.8 Å². The van der Waals surface area contributed by atoms with Crippen LogP contribution in [0.4, 0.5) is 4.79 Å². The number of aryl methyl sites for hydroxylation is 1. The van der Waals surface area contributed by atoms with E-state index in [1.54, 1.807) is 46.1 Å². The van der Waals surface area contributed by atoms with Crippen molar-refractivity contribution >= 4 is 44.6 Å². The first-order valence-electron chi connectivity index (χ1n) is 19.0. The molecule has 14 nitrogen and oxygen atoms in total. The van der Waals surface area contributed by atoms with E-state index in [2.05, 4.69) is 15.0 Å². The zero-order valence-electron chi connectivity index (χ0n) is 32.0. The summed E-state index contributed by atoms with van der Waals surface area (Å²) in [6, 6.07) is 2.53. The Morgan fingerprint density at radius 1 is 1.13 bits per heavy atom. The molecule has 4 aliphatic rings. The number of hydrogen-bond donors (Lipinski definition) is 3. The first-order valence-corrected chi connectivity index (χ1v) is 20.4. The summed E-state index contributed by atoms with van der Waals surface area (Å²) in [7, 11) is -0.783. The molecule has 0 spiro atoms. The monoisotopic (exact) mass is 767 g/mol. The molecule has 2 saturated carbocycles. The Morgan fingerprint density at radius 3 is 2.56 bits per heavy atom. The highest BCUT2D eigenvalue weighted by Crippen LogP contribution is 2.57. The number of ether oxygens (including phenoxy) is 2. The first-order chi connectivity index (χ1) is 25.4.